The molecule has 1 heterocycles. The molecule has 108 valence electrons. The van der Waals surface area contributed by atoms with Gasteiger partial charge in [-0.1, -0.05) is 32.4 Å². The number of fused-ring (bicyclic) bond motifs is 1. The molecule has 0 radical (unpaired) electrons. The summed E-state index contributed by atoms with van der Waals surface area (Å²) in [6.45, 7) is 12.6. The Balaban J connectivity index is 2.93. The molecule has 1 aromatic carbocycles. The Morgan fingerprint density at radius 2 is 1.65 bits per heavy atom. The fourth-order valence-electron chi connectivity index (χ4n) is 2.37. The van der Waals surface area contributed by atoms with E-state index in [1.54, 1.807) is 0 Å². The van der Waals surface area contributed by atoms with Gasteiger partial charge in [0.2, 0.25) is 0 Å². The van der Waals surface area contributed by atoms with Gasteiger partial charge < -0.3 is 5.73 Å². The molecule has 2 rings (SSSR count). The van der Waals surface area contributed by atoms with Crippen molar-refractivity contribution in [2.75, 3.05) is 0 Å². The van der Waals surface area contributed by atoms with Crippen molar-refractivity contribution < 1.29 is 0 Å². The highest BCUT2D eigenvalue weighted by atomic mass is 35.5. The Morgan fingerprint density at radius 3 is 2.15 bits per heavy atom. The van der Waals surface area contributed by atoms with Gasteiger partial charge >= 0.3 is 0 Å². The van der Waals surface area contributed by atoms with E-state index in [-0.39, 0.29) is 5.41 Å². The number of nitrogens with two attached hydrogens (primary N) is 1. The fourth-order valence-corrected chi connectivity index (χ4v) is 2.65. The van der Waals surface area contributed by atoms with Crippen LogP contribution >= 0.6 is 11.6 Å². The Morgan fingerprint density at radius 1 is 1.05 bits per heavy atom. The van der Waals surface area contributed by atoms with E-state index >= 15 is 0 Å². The maximum absolute atomic E-state index is 6.36. The summed E-state index contributed by atoms with van der Waals surface area (Å²) in [7, 11) is 0. The van der Waals surface area contributed by atoms with Gasteiger partial charge in [0, 0.05) is 27.1 Å². The van der Waals surface area contributed by atoms with Crippen molar-refractivity contribution in [2.24, 2.45) is 5.73 Å². The quantitative estimate of drug-likeness (QED) is 0.827. The molecule has 3 heteroatoms. The van der Waals surface area contributed by atoms with E-state index < -0.39 is 5.54 Å². The maximum atomic E-state index is 6.36. The van der Waals surface area contributed by atoms with Gasteiger partial charge in [-0.25, -0.2) is 0 Å². The van der Waals surface area contributed by atoms with Crippen LogP contribution in [0.5, 0.6) is 0 Å². The topological polar surface area (TPSA) is 38.9 Å². The predicted molar refractivity (Wildman–Crippen MR) is 87.4 cm³/mol. The summed E-state index contributed by atoms with van der Waals surface area (Å²) >= 11 is 6.21. The molecule has 0 amide bonds. The molecule has 2 aromatic rings. The van der Waals surface area contributed by atoms with Crippen molar-refractivity contribution in [3.63, 3.8) is 0 Å². The molecule has 20 heavy (non-hydrogen) atoms. The number of nitrogens with zero attached hydrogens (tertiary/aromatic N) is 1. The average Bonchev–Trinajstić information content (AvgIpc) is 2.24. The lowest BCUT2D eigenvalue weighted by Crippen LogP contribution is -2.30. The second kappa shape index (κ2) is 4.71. The number of hydrogen-bond acceptors (Lipinski definition) is 2. The van der Waals surface area contributed by atoms with Crippen LogP contribution in [0.2, 0.25) is 5.02 Å². The van der Waals surface area contributed by atoms with Crippen molar-refractivity contribution in [3.05, 3.63) is 40.0 Å². The lowest BCUT2D eigenvalue weighted by molar-refractivity contribution is 0.542. The first-order valence-electron chi connectivity index (χ1n) is 6.91. The highest BCUT2D eigenvalue weighted by Crippen LogP contribution is 2.33. The van der Waals surface area contributed by atoms with Gasteiger partial charge in [0.1, 0.15) is 0 Å². The second-order valence-corrected chi connectivity index (χ2v) is 7.58. The van der Waals surface area contributed by atoms with Gasteiger partial charge in [-0.3, -0.25) is 4.98 Å². The van der Waals surface area contributed by atoms with Crippen LogP contribution < -0.4 is 5.73 Å². The minimum Gasteiger partial charge on any atom is -0.322 e. The molecule has 2 N–H and O–H groups in total. The molecule has 0 spiro atoms. The van der Waals surface area contributed by atoms with Gasteiger partial charge in [-0.15, -0.1) is 0 Å². The van der Waals surface area contributed by atoms with Crippen molar-refractivity contribution in [1.82, 2.24) is 4.98 Å². The number of rotatable bonds is 1. The molecular weight excluding hydrogens is 268 g/mol. The first-order chi connectivity index (χ1) is 9.00. The van der Waals surface area contributed by atoms with E-state index in [0.29, 0.717) is 0 Å². The molecule has 0 saturated heterocycles. The number of halogens is 1. The van der Waals surface area contributed by atoms with E-state index in [1.807, 2.05) is 32.9 Å². The lowest BCUT2D eigenvalue weighted by Gasteiger charge is -2.26. The fraction of sp³-hybridized carbons (Fsp3) is 0.471. The van der Waals surface area contributed by atoms with Gasteiger partial charge in [0.05, 0.1) is 5.52 Å². The second-order valence-electron chi connectivity index (χ2n) is 7.15. The molecule has 0 aliphatic rings. The molecule has 0 fully saturated rings. The number of aryl methyl sites for hydroxylation is 1. The van der Waals surface area contributed by atoms with Crippen LogP contribution in [0.25, 0.3) is 10.9 Å². The summed E-state index contributed by atoms with van der Waals surface area (Å²) in [5.74, 6) is 0. The van der Waals surface area contributed by atoms with E-state index in [1.165, 1.54) is 0 Å². The largest absolute Gasteiger partial charge is 0.322 e. The summed E-state index contributed by atoms with van der Waals surface area (Å²) in [5.41, 5.74) is 10.2. The molecular formula is C17H23ClN2. The monoisotopic (exact) mass is 290 g/mol. The molecule has 0 atom stereocenters. The van der Waals surface area contributed by atoms with Crippen LogP contribution in [-0.2, 0) is 11.0 Å². The van der Waals surface area contributed by atoms with Crippen LogP contribution in [0.4, 0.5) is 0 Å². The molecule has 0 aliphatic heterocycles. The first kappa shape index (κ1) is 15.3. The zero-order valence-corrected chi connectivity index (χ0v) is 13.9. The molecule has 0 saturated carbocycles. The van der Waals surface area contributed by atoms with E-state index in [4.69, 9.17) is 22.3 Å². The third-order valence-corrected chi connectivity index (χ3v) is 3.75. The highest BCUT2D eigenvalue weighted by molar-refractivity contribution is 6.31. The third-order valence-electron chi connectivity index (χ3n) is 3.53. The van der Waals surface area contributed by atoms with E-state index in [0.717, 1.165) is 32.7 Å². The standard InChI is InChI=1S/C17H23ClN2/c1-10-7-11(18)8-12-13(17(5,6)19)9-14(16(2,3)4)20-15(10)12/h7-9H,19H2,1-6H3. The zero-order valence-electron chi connectivity index (χ0n) is 13.1. The zero-order chi connectivity index (χ0) is 15.3. The number of benzene rings is 1. The van der Waals surface area contributed by atoms with Crippen LogP contribution in [0.3, 0.4) is 0 Å². The molecule has 0 aliphatic carbocycles. The summed E-state index contributed by atoms with van der Waals surface area (Å²) < 4.78 is 0. The Bertz CT molecular complexity index is 661. The van der Waals surface area contributed by atoms with Crippen LogP contribution in [0.15, 0.2) is 18.2 Å². The Labute approximate surface area is 126 Å². The number of aromatic nitrogens is 1. The smallest absolute Gasteiger partial charge is 0.0739 e. The summed E-state index contributed by atoms with van der Waals surface area (Å²) in [6.07, 6.45) is 0. The number of pyridine rings is 1. The number of hydrogen-bond donors (Lipinski definition) is 1. The van der Waals surface area contributed by atoms with Crippen LogP contribution in [0, 0.1) is 6.92 Å². The Hall–Kier alpha value is -1.12. The molecule has 1 aromatic heterocycles. The highest BCUT2D eigenvalue weighted by Gasteiger charge is 2.24. The van der Waals surface area contributed by atoms with E-state index in [9.17, 15) is 0 Å². The van der Waals surface area contributed by atoms with Crippen molar-refractivity contribution in [2.45, 2.75) is 52.5 Å². The SMILES string of the molecule is Cc1cc(Cl)cc2c(C(C)(C)N)cc(C(C)(C)C)nc12. The lowest BCUT2D eigenvalue weighted by atomic mass is 9.85. The Kier molecular flexibility index (Phi) is 3.60. The van der Waals surface area contributed by atoms with Gasteiger partial charge in [-0.2, -0.15) is 0 Å². The van der Waals surface area contributed by atoms with Crippen LogP contribution in [-0.4, -0.2) is 4.98 Å². The average molecular weight is 291 g/mol. The minimum atomic E-state index is -0.432. The predicted octanol–water partition coefficient (Wildman–Crippen LogP) is 4.69. The molecule has 0 bridgehead atoms. The van der Waals surface area contributed by atoms with Gasteiger partial charge in [-0.05, 0) is 50.1 Å². The van der Waals surface area contributed by atoms with Crippen molar-refractivity contribution in [1.29, 1.82) is 0 Å². The normalized spacial score (nSPS) is 13.0. The summed E-state index contributed by atoms with van der Waals surface area (Å²) in [6, 6.07) is 6.04. The van der Waals surface area contributed by atoms with Crippen molar-refractivity contribution >= 4 is 22.5 Å². The molecule has 0 unspecified atom stereocenters. The third kappa shape index (κ3) is 2.82. The summed E-state index contributed by atoms with van der Waals surface area (Å²) in [4.78, 5) is 4.85. The van der Waals surface area contributed by atoms with Crippen molar-refractivity contribution in [3.8, 4) is 0 Å². The first-order valence-corrected chi connectivity index (χ1v) is 7.28. The molecule has 2 nitrogen and oxygen atoms in total. The maximum Gasteiger partial charge on any atom is 0.0739 e. The van der Waals surface area contributed by atoms with E-state index in [2.05, 4.69) is 26.8 Å². The summed E-state index contributed by atoms with van der Waals surface area (Å²) in [5, 5.41) is 1.78. The van der Waals surface area contributed by atoms with Crippen LogP contribution in [0.1, 0.15) is 51.4 Å². The van der Waals surface area contributed by atoms with Gasteiger partial charge in [0.25, 0.3) is 0 Å². The van der Waals surface area contributed by atoms with Gasteiger partial charge in [0.15, 0.2) is 0 Å². The minimum absolute atomic E-state index is 0.0136.